The first-order valence-corrected chi connectivity index (χ1v) is 8.72. The summed E-state index contributed by atoms with van der Waals surface area (Å²) in [5.41, 5.74) is 0. The standard InChI is InChI=1S/C13H28S.C3H8O2/c1-2-3-4-5-6-7-8-9-10-11-12-13-14;1-3(5)2-4/h14H,2-13H2,1H3;3-5H,2H2,1H3. The van der Waals surface area contributed by atoms with Gasteiger partial charge in [0.05, 0.1) is 12.7 Å². The molecule has 0 aromatic rings. The van der Waals surface area contributed by atoms with Gasteiger partial charge in [0.1, 0.15) is 0 Å². The van der Waals surface area contributed by atoms with Gasteiger partial charge >= 0.3 is 0 Å². The average molecular weight is 293 g/mol. The van der Waals surface area contributed by atoms with Gasteiger partial charge in [0.15, 0.2) is 0 Å². The van der Waals surface area contributed by atoms with Gasteiger partial charge in [-0.15, -0.1) is 0 Å². The van der Waals surface area contributed by atoms with E-state index in [1.54, 1.807) is 0 Å². The van der Waals surface area contributed by atoms with Crippen molar-refractivity contribution in [3.05, 3.63) is 0 Å². The van der Waals surface area contributed by atoms with Crippen molar-refractivity contribution in [1.29, 1.82) is 0 Å². The van der Waals surface area contributed by atoms with E-state index in [1.807, 2.05) is 0 Å². The Bertz CT molecular complexity index is 129. The summed E-state index contributed by atoms with van der Waals surface area (Å²) in [7, 11) is 0. The van der Waals surface area contributed by atoms with E-state index in [2.05, 4.69) is 19.6 Å². The summed E-state index contributed by atoms with van der Waals surface area (Å²) in [4.78, 5) is 0. The van der Waals surface area contributed by atoms with E-state index in [4.69, 9.17) is 10.2 Å². The lowest BCUT2D eigenvalue weighted by Crippen LogP contribution is -2.03. The number of aliphatic hydroxyl groups excluding tert-OH is 2. The molecule has 0 aliphatic rings. The van der Waals surface area contributed by atoms with Gasteiger partial charge in [-0.05, 0) is 19.1 Å². The van der Waals surface area contributed by atoms with Gasteiger partial charge in [-0.1, -0.05) is 71.1 Å². The third-order valence-electron chi connectivity index (χ3n) is 3.03. The topological polar surface area (TPSA) is 40.5 Å². The maximum Gasteiger partial charge on any atom is 0.0742 e. The quantitative estimate of drug-likeness (QED) is 0.364. The van der Waals surface area contributed by atoms with Crippen molar-refractivity contribution in [3.8, 4) is 0 Å². The molecule has 1 atom stereocenters. The minimum atomic E-state index is -0.560. The van der Waals surface area contributed by atoms with Crippen LogP contribution in [-0.2, 0) is 0 Å². The number of thiol groups is 1. The van der Waals surface area contributed by atoms with Gasteiger partial charge in [0.2, 0.25) is 0 Å². The Labute approximate surface area is 126 Å². The normalized spacial score (nSPS) is 11.8. The molecular weight excluding hydrogens is 256 g/mol. The summed E-state index contributed by atoms with van der Waals surface area (Å²) in [6, 6.07) is 0. The Balaban J connectivity index is 0. The lowest BCUT2D eigenvalue weighted by Gasteiger charge is -2.01. The molecule has 0 rings (SSSR count). The molecule has 0 radical (unpaired) electrons. The van der Waals surface area contributed by atoms with Gasteiger partial charge in [0.25, 0.3) is 0 Å². The minimum absolute atomic E-state index is 0.139. The zero-order valence-corrected chi connectivity index (χ0v) is 14.0. The SMILES string of the molecule is CC(O)CO.CCCCCCCCCCCCCS. The second kappa shape index (κ2) is 20.6. The van der Waals surface area contributed by atoms with E-state index < -0.39 is 6.10 Å². The number of hydrogen-bond acceptors (Lipinski definition) is 3. The molecule has 2 N–H and O–H groups in total. The first-order valence-electron chi connectivity index (χ1n) is 8.08. The number of hydrogen-bond donors (Lipinski definition) is 3. The van der Waals surface area contributed by atoms with E-state index in [1.165, 1.54) is 77.6 Å². The van der Waals surface area contributed by atoms with Crippen LogP contribution in [0.25, 0.3) is 0 Å². The van der Waals surface area contributed by atoms with Crippen LogP contribution in [0.3, 0.4) is 0 Å². The molecule has 0 spiro atoms. The molecule has 0 amide bonds. The fourth-order valence-electron chi connectivity index (χ4n) is 1.78. The predicted octanol–water partition coefficient (Wildman–Crippen LogP) is 4.59. The third kappa shape index (κ3) is 27.5. The smallest absolute Gasteiger partial charge is 0.0742 e. The van der Waals surface area contributed by atoms with Crippen molar-refractivity contribution in [2.75, 3.05) is 12.4 Å². The third-order valence-corrected chi connectivity index (χ3v) is 3.34. The molecule has 0 aromatic carbocycles. The van der Waals surface area contributed by atoms with Crippen LogP contribution in [0.15, 0.2) is 0 Å². The maximum absolute atomic E-state index is 8.11. The fourth-order valence-corrected chi connectivity index (χ4v) is 2.00. The molecule has 0 aliphatic heterocycles. The summed E-state index contributed by atoms with van der Waals surface area (Å²) in [5, 5.41) is 16.0. The summed E-state index contributed by atoms with van der Waals surface area (Å²) in [6.45, 7) is 3.67. The van der Waals surface area contributed by atoms with Gasteiger partial charge in [-0.25, -0.2) is 0 Å². The highest BCUT2D eigenvalue weighted by Crippen LogP contribution is 2.11. The summed E-state index contributed by atoms with van der Waals surface area (Å²) in [5.74, 6) is 1.07. The second-order valence-electron chi connectivity index (χ2n) is 5.29. The molecule has 0 fully saturated rings. The number of unbranched alkanes of at least 4 members (excludes halogenated alkanes) is 10. The van der Waals surface area contributed by atoms with Crippen molar-refractivity contribution in [1.82, 2.24) is 0 Å². The highest BCUT2D eigenvalue weighted by atomic mass is 32.1. The van der Waals surface area contributed by atoms with Crippen LogP contribution in [0, 0.1) is 0 Å². The molecule has 0 bridgehead atoms. The van der Waals surface area contributed by atoms with Crippen molar-refractivity contribution in [3.63, 3.8) is 0 Å². The van der Waals surface area contributed by atoms with E-state index >= 15 is 0 Å². The highest BCUT2D eigenvalue weighted by molar-refractivity contribution is 7.80. The molecule has 0 saturated carbocycles. The summed E-state index contributed by atoms with van der Waals surface area (Å²) < 4.78 is 0. The molecule has 0 heterocycles. The van der Waals surface area contributed by atoms with Crippen molar-refractivity contribution >= 4 is 12.6 Å². The molecule has 2 nitrogen and oxygen atoms in total. The van der Waals surface area contributed by atoms with Crippen LogP contribution in [-0.4, -0.2) is 28.7 Å². The summed E-state index contributed by atoms with van der Waals surface area (Å²) >= 11 is 4.21. The van der Waals surface area contributed by atoms with Gasteiger partial charge in [-0.2, -0.15) is 12.6 Å². The number of rotatable bonds is 12. The first-order chi connectivity index (χ1) is 9.18. The van der Waals surface area contributed by atoms with Crippen LogP contribution in [0.5, 0.6) is 0 Å². The highest BCUT2D eigenvalue weighted by Gasteiger charge is 1.91. The first kappa shape index (κ1) is 21.6. The Morgan fingerprint density at radius 2 is 1.11 bits per heavy atom. The monoisotopic (exact) mass is 292 g/mol. The van der Waals surface area contributed by atoms with Crippen molar-refractivity contribution in [2.45, 2.75) is 90.6 Å². The Hall–Kier alpha value is 0.270. The van der Waals surface area contributed by atoms with Crippen LogP contribution >= 0.6 is 12.6 Å². The molecule has 0 aliphatic carbocycles. The minimum Gasteiger partial charge on any atom is -0.394 e. The lowest BCUT2D eigenvalue weighted by molar-refractivity contribution is 0.110. The van der Waals surface area contributed by atoms with Gasteiger partial charge in [0, 0.05) is 0 Å². The van der Waals surface area contributed by atoms with E-state index in [9.17, 15) is 0 Å². The lowest BCUT2D eigenvalue weighted by atomic mass is 10.1. The van der Waals surface area contributed by atoms with Crippen LogP contribution in [0.1, 0.15) is 84.5 Å². The van der Waals surface area contributed by atoms with E-state index in [0.717, 1.165) is 5.75 Å². The number of aliphatic hydroxyl groups is 2. The van der Waals surface area contributed by atoms with E-state index in [-0.39, 0.29) is 6.61 Å². The molecule has 118 valence electrons. The van der Waals surface area contributed by atoms with Crippen molar-refractivity contribution < 1.29 is 10.2 Å². The van der Waals surface area contributed by atoms with Gasteiger partial charge in [-0.3, -0.25) is 0 Å². The van der Waals surface area contributed by atoms with Crippen LogP contribution < -0.4 is 0 Å². The predicted molar refractivity (Wildman–Crippen MR) is 89.1 cm³/mol. The maximum atomic E-state index is 8.11. The molecule has 0 saturated heterocycles. The average Bonchev–Trinajstić information content (AvgIpc) is 2.41. The van der Waals surface area contributed by atoms with Crippen LogP contribution in [0.2, 0.25) is 0 Å². The summed E-state index contributed by atoms with van der Waals surface area (Å²) in [6.07, 6.45) is 15.1. The molecular formula is C16H36O2S. The Kier molecular flexibility index (Phi) is 23.4. The Morgan fingerprint density at radius 3 is 1.37 bits per heavy atom. The van der Waals surface area contributed by atoms with E-state index in [0.29, 0.717) is 0 Å². The molecule has 3 heteroatoms. The van der Waals surface area contributed by atoms with Gasteiger partial charge < -0.3 is 10.2 Å². The molecule has 1 unspecified atom stereocenters. The second-order valence-corrected chi connectivity index (χ2v) is 5.74. The fraction of sp³-hybridized carbons (Fsp3) is 1.00. The molecule has 19 heavy (non-hydrogen) atoms. The van der Waals surface area contributed by atoms with Crippen LogP contribution in [0.4, 0.5) is 0 Å². The molecule has 0 aromatic heterocycles. The largest absolute Gasteiger partial charge is 0.394 e. The Morgan fingerprint density at radius 1 is 0.789 bits per heavy atom. The van der Waals surface area contributed by atoms with Crippen molar-refractivity contribution in [2.24, 2.45) is 0 Å². The zero-order chi connectivity index (χ0) is 14.8. The zero-order valence-electron chi connectivity index (χ0n) is 13.1.